The number of hydrogen-bond donors (Lipinski definition) is 0. The molecule has 0 N–H and O–H groups in total. The zero-order chi connectivity index (χ0) is 9.26. The second kappa shape index (κ2) is 3.18. The Balaban J connectivity index is 2.53. The molecule has 0 aliphatic heterocycles. The molecule has 0 radical (unpaired) electrons. The van der Waals surface area contributed by atoms with E-state index in [2.05, 4.69) is 10.1 Å². The second-order valence-corrected chi connectivity index (χ2v) is 3.07. The SMILES string of the molecule is Cn1nccc1-c1cccc(Cl)n1. The summed E-state index contributed by atoms with van der Waals surface area (Å²) in [4.78, 5) is 4.18. The van der Waals surface area contributed by atoms with Gasteiger partial charge in [-0.15, -0.1) is 0 Å². The van der Waals surface area contributed by atoms with Gasteiger partial charge in [0.05, 0.1) is 11.4 Å². The fourth-order valence-electron chi connectivity index (χ4n) is 1.18. The van der Waals surface area contributed by atoms with Crippen LogP contribution in [0.3, 0.4) is 0 Å². The van der Waals surface area contributed by atoms with Gasteiger partial charge in [-0.3, -0.25) is 4.68 Å². The number of pyridine rings is 1. The van der Waals surface area contributed by atoms with Crippen molar-refractivity contribution in [1.29, 1.82) is 0 Å². The Morgan fingerprint density at radius 1 is 1.31 bits per heavy atom. The summed E-state index contributed by atoms with van der Waals surface area (Å²) in [5.41, 5.74) is 1.80. The molecule has 4 heteroatoms. The molecule has 66 valence electrons. The first-order chi connectivity index (χ1) is 6.27. The Hall–Kier alpha value is -1.35. The number of hydrogen-bond acceptors (Lipinski definition) is 2. The zero-order valence-electron chi connectivity index (χ0n) is 7.11. The standard InChI is InChI=1S/C9H8ClN3/c1-13-8(5-6-11-13)7-3-2-4-9(10)12-7/h2-6H,1H3. The predicted molar refractivity (Wildman–Crippen MR) is 51.4 cm³/mol. The first-order valence-electron chi connectivity index (χ1n) is 3.88. The van der Waals surface area contributed by atoms with E-state index in [0.29, 0.717) is 5.15 Å². The quantitative estimate of drug-likeness (QED) is 0.650. The highest BCUT2D eigenvalue weighted by Crippen LogP contribution is 2.17. The monoisotopic (exact) mass is 193 g/mol. The van der Waals surface area contributed by atoms with Crippen LogP contribution >= 0.6 is 11.6 Å². The molecule has 2 aromatic heterocycles. The van der Waals surface area contributed by atoms with Gasteiger partial charge in [-0.2, -0.15) is 5.10 Å². The van der Waals surface area contributed by atoms with E-state index in [9.17, 15) is 0 Å². The lowest BCUT2D eigenvalue weighted by molar-refractivity contribution is 0.773. The van der Waals surface area contributed by atoms with Gasteiger partial charge < -0.3 is 0 Å². The molecule has 2 heterocycles. The topological polar surface area (TPSA) is 30.7 Å². The van der Waals surface area contributed by atoms with Gasteiger partial charge in [0.25, 0.3) is 0 Å². The summed E-state index contributed by atoms with van der Waals surface area (Å²) >= 11 is 5.77. The molecule has 0 aliphatic rings. The summed E-state index contributed by atoms with van der Waals surface area (Å²) in [6.07, 6.45) is 1.73. The smallest absolute Gasteiger partial charge is 0.129 e. The summed E-state index contributed by atoms with van der Waals surface area (Å²) in [5.74, 6) is 0. The van der Waals surface area contributed by atoms with Gasteiger partial charge in [0.1, 0.15) is 5.15 Å². The third-order valence-electron chi connectivity index (χ3n) is 1.80. The van der Waals surface area contributed by atoms with Crippen molar-refractivity contribution < 1.29 is 0 Å². The van der Waals surface area contributed by atoms with Crippen LogP contribution in [0.15, 0.2) is 30.5 Å². The number of aryl methyl sites for hydroxylation is 1. The van der Waals surface area contributed by atoms with Crippen molar-refractivity contribution in [2.45, 2.75) is 0 Å². The van der Waals surface area contributed by atoms with E-state index in [0.717, 1.165) is 11.4 Å². The van der Waals surface area contributed by atoms with Crippen LogP contribution in [0.25, 0.3) is 11.4 Å². The lowest BCUT2D eigenvalue weighted by Gasteiger charge is -2.00. The van der Waals surface area contributed by atoms with Crippen LogP contribution in [0, 0.1) is 0 Å². The van der Waals surface area contributed by atoms with Gasteiger partial charge in [-0.1, -0.05) is 17.7 Å². The van der Waals surface area contributed by atoms with Gasteiger partial charge in [-0.05, 0) is 18.2 Å². The number of halogens is 1. The van der Waals surface area contributed by atoms with Gasteiger partial charge in [-0.25, -0.2) is 4.98 Å². The second-order valence-electron chi connectivity index (χ2n) is 2.69. The maximum Gasteiger partial charge on any atom is 0.129 e. The molecule has 13 heavy (non-hydrogen) atoms. The van der Waals surface area contributed by atoms with E-state index in [1.807, 2.05) is 25.2 Å². The van der Waals surface area contributed by atoms with Crippen LogP contribution in [0.1, 0.15) is 0 Å². The van der Waals surface area contributed by atoms with Crippen molar-refractivity contribution in [2.24, 2.45) is 7.05 Å². The first-order valence-corrected chi connectivity index (χ1v) is 4.26. The van der Waals surface area contributed by atoms with Gasteiger partial charge in [0.15, 0.2) is 0 Å². The summed E-state index contributed by atoms with van der Waals surface area (Å²) in [5, 5.41) is 4.56. The lowest BCUT2D eigenvalue weighted by atomic mass is 10.3. The molecule has 0 bridgehead atoms. The van der Waals surface area contributed by atoms with Gasteiger partial charge in [0.2, 0.25) is 0 Å². The van der Waals surface area contributed by atoms with E-state index in [-0.39, 0.29) is 0 Å². The Labute approximate surface area is 81.0 Å². The van der Waals surface area contributed by atoms with Crippen molar-refractivity contribution >= 4 is 11.6 Å². The fourth-order valence-corrected chi connectivity index (χ4v) is 1.34. The first kappa shape index (κ1) is 8.26. The zero-order valence-corrected chi connectivity index (χ0v) is 7.86. The maximum absolute atomic E-state index is 5.77. The van der Waals surface area contributed by atoms with Gasteiger partial charge >= 0.3 is 0 Å². The molecule has 2 aromatic rings. The minimum Gasteiger partial charge on any atom is -0.266 e. The molecular formula is C9H8ClN3. The summed E-state index contributed by atoms with van der Waals surface area (Å²) in [7, 11) is 1.87. The molecule has 0 unspecified atom stereocenters. The Bertz CT molecular complexity index is 422. The summed E-state index contributed by atoms with van der Waals surface area (Å²) in [6, 6.07) is 7.43. The third kappa shape index (κ3) is 1.55. The largest absolute Gasteiger partial charge is 0.266 e. The van der Waals surface area contributed by atoms with Gasteiger partial charge in [0, 0.05) is 13.2 Å². The molecular weight excluding hydrogens is 186 g/mol. The molecule has 0 spiro atoms. The van der Waals surface area contributed by atoms with E-state index in [1.54, 1.807) is 16.9 Å². The minimum absolute atomic E-state index is 0.499. The van der Waals surface area contributed by atoms with Crippen LogP contribution in [-0.4, -0.2) is 14.8 Å². The normalized spacial score (nSPS) is 10.3. The van der Waals surface area contributed by atoms with Crippen molar-refractivity contribution in [3.8, 4) is 11.4 Å². The average Bonchev–Trinajstić information content (AvgIpc) is 2.51. The molecule has 0 aromatic carbocycles. The lowest BCUT2D eigenvalue weighted by Crippen LogP contribution is -1.94. The van der Waals surface area contributed by atoms with Crippen LogP contribution < -0.4 is 0 Å². The molecule has 3 nitrogen and oxygen atoms in total. The van der Waals surface area contributed by atoms with Crippen LogP contribution in [0.5, 0.6) is 0 Å². The Morgan fingerprint density at radius 3 is 2.77 bits per heavy atom. The highest BCUT2D eigenvalue weighted by Gasteiger charge is 2.03. The van der Waals surface area contributed by atoms with Crippen molar-refractivity contribution in [3.05, 3.63) is 35.6 Å². The van der Waals surface area contributed by atoms with E-state index in [1.165, 1.54) is 0 Å². The Kier molecular flexibility index (Phi) is 2.02. The van der Waals surface area contributed by atoms with Crippen molar-refractivity contribution in [3.63, 3.8) is 0 Å². The highest BCUT2D eigenvalue weighted by molar-refractivity contribution is 6.29. The predicted octanol–water partition coefficient (Wildman–Crippen LogP) is 2.14. The van der Waals surface area contributed by atoms with Crippen LogP contribution in [0.2, 0.25) is 5.15 Å². The van der Waals surface area contributed by atoms with Crippen LogP contribution in [-0.2, 0) is 7.05 Å². The van der Waals surface area contributed by atoms with E-state index in [4.69, 9.17) is 11.6 Å². The molecule has 2 rings (SSSR count). The Morgan fingerprint density at radius 2 is 2.15 bits per heavy atom. The van der Waals surface area contributed by atoms with E-state index < -0.39 is 0 Å². The number of nitrogens with zero attached hydrogens (tertiary/aromatic N) is 3. The molecule has 0 saturated heterocycles. The highest BCUT2D eigenvalue weighted by atomic mass is 35.5. The maximum atomic E-state index is 5.77. The molecule has 0 aliphatic carbocycles. The molecule has 0 amide bonds. The minimum atomic E-state index is 0.499. The molecule has 0 atom stereocenters. The van der Waals surface area contributed by atoms with E-state index >= 15 is 0 Å². The van der Waals surface area contributed by atoms with Crippen molar-refractivity contribution in [2.75, 3.05) is 0 Å². The summed E-state index contributed by atoms with van der Waals surface area (Å²) in [6.45, 7) is 0. The summed E-state index contributed by atoms with van der Waals surface area (Å²) < 4.78 is 1.76. The van der Waals surface area contributed by atoms with Crippen LogP contribution in [0.4, 0.5) is 0 Å². The number of aromatic nitrogens is 3. The fraction of sp³-hybridized carbons (Fsp3) is 0.111. The number of rotatable bonds is 1. The average molecular weight is 194 g/mol. The molecule has 0 fully saturated rings. The molecule has 0 saturated carbocycles. The van der Waals surface area contributed by atoms with Crippen molar-refractivity contribution in [1.82, 2.24) is 14.8 Å². The third-order valence-corrected chi connectivity index (χ3v) is 2.01.